The lowest BCUT2D eigenvalue weighted by atomic mass is 10.1. The Labute approximate surface area is 153 Å². The predicted octanol–water partition coefficient (Wildman–Crippen LogP) is 2.69. The van der Waals surface area contributed by atoms with Crippen molar-refractivity contribution in [3.63, 3.8) is 0 Å². The van der Waals surface area contributed by atoms with Crippen molar-refractivity contribution in [2.75, 3.05) is 19.6 Å². The van der Waals surface area contributed by atoms with Crippen molar-refractivity contribution >= 4 is 38.7 Å². The number of carbonyl (C=O) groups is 1. The second kappa shape index (κ2) is 6.68. The van der Waals surface area contributed by atoms with Gasteiger partial charge in [-0.1, -0.05) is 30.3 Å². The van der Waals surface area contributed by atoms with Crippen LogP contribution < -0.4 is 0 Å². The van der Waals surface area contributed by atoms with Gasteiger partial charge < -0.3 is 4.79 Å². The van der Waals surface area contributed by atoms with E-state index in [0.717, 1.165) is 17.1 Å². The monoisotopic (exact) mass is 380 g/mol. The van der Waals surface area contributed by atoms with E-state index in [-0.39, 0.29) is 24.0 Å². The second-order valence-electron chi connectivity index (χ2n) is 6.62. The highest BCUT2D eigenvalue weighted by atomic mass is 35.5. The zero-order valence-corrected chi connectivity index (χ0v) is 15.8. The summed E-state index contributed by atoms with van der Waals surface area (Å²) < 4.78 is 27.6. The maximum atomic E-state index is 13.1. The summed E-state index contributed by atoms with van der Waals surface area (Å²) >= 11 is 6.56. The lowest BCUT2D eigenvalue weighted by molar-refractivity contribution is -0.111. The summed E-state index contributed by atoms with van der Waals surface area (Å²) in [7, 11) is -3.66. The predicted molar refractivity (Wildman–Crippen MR) is 99.2 cm³/mol. The van der Waals surface area contributed by atoms with Crippen molar-refractivity contribution in [3.05, 3.63) is 42.5 Å². The number of aldehydes is 1. The van der Waals surface area contributed by atoms with Crippen molar-refractivity contribution < 1.29 is 13.2 Å². The van der Waals surface area contributed by atoms with Crippen molar-refractivity contribution in [1.82, 2.24) is 9.21 Å². The molecular weight excluding hydrogens is 360 g/mol. The lowest BCUT2D eigenvalue weighted by Gasteiger charge is -2.47. The summed E-state index contributed by atoms with van der Waals surface area (Å²) in [4.78, 5) is 12.1. The lowest BCUT2D eigenvalue weighted by Crippen LogP contribution is -2.63. The molecule has 0 amide bonds. The Kier molecular flexibility index (Phi) is 4.90. The topological polar surface area (TPSA) is 57.7 Å². The highest BCUT2D eigenvalue weighted by Gasteiger charge is 2.43. The zero-order valence-electron chi connectivity index (χ0n) is 14.2. The Morgan fingerprint density at radius 1 is 1.24 bits per heavy atom. The standard InChI is InChI=1S/C18H21ClN2O3S/c1-14-12-20(13-18(2,19)21(14)9-10-22)25(23,24)17-8-7-15-5-3-4-6-16(15)11-17/h3-8,10-11,14H,9,12-13H2,1-2H3/t14-,18-/m1/s1. The van der Waals surface area contributed by atoms with Gasteiger partial charge in [-0.2, -0.15) is 4.31 Å². The Morgan fingerprint density at radius 2 is 1.92 bits per heavy atom. The number of hydrogen-bond donors (Lipinski definition) is 0. The van der Waals surface area contributed by atoms with Gasteiger partial charge in [0.15, 0.2) is 0 Å². The van der Waals surface area contributed by atoms with Crippen LogP contribution in [-0.2, 0) is 14.8 Å². The van der Waals surface area contributed by atoms with E-state index in [1.165, 1.54) is 4.31 Å². The fraction of sp³-hybridized carbons (Fsp3) is 0.389. The number of halogens is 1. The van der Waals surface area contributed by atoms with E-state index in [1.54, 1.807) is 19.1 Å². The number of hydrogen-bond acceptors (Lipinski definition) is 4. The van der Waals surface area contributed by atoms with Gasteiger partial charge in [-0.3, -0.25) is 4.90 Å². The quantitative estimate of drug-likeness (QED) is 0.465. The fourth-order valence-electron chi connectivity index (χ4n) is 3.44. The number of benzene rings is 2. The Morgan fingerprint density at radius 3 is 2.56 bits per heavy atom. The molecule has 0 aromatic heterocycles. The third kappa shape index (κ3) is 3.44. The first-order valence-electron chi connectivity index (χ1n) is 8.14. The molecule has 5 nitrogen and oxygen atoms in total. The molecule has 0 radical (unpaired) electrons. The molecule has 0 aliphatic carbocycles. The maximum absolute atomic E-state index is 13.1. The molecule has 2 aromatic carbocycles. The van der Waals surface area contributed by atoms with Gasteiger partial charge in [0.05, 0.1) is 11.4 Å². The van der Waals surface area contributed by atoms with Crippen LogP contribution >= 0.6 is 11.6 Å². The van der Waals surface area contributed by atoms with Gasteiger partial charge in [-0.15, -0.1) is 11.6 Å². The summed E-state index contributed by atoms with van der Waals surface area (Å²) in [5.41, 5.74) is 0. The van der Waals surface area contributed by atoms with Crippen molar-refractivity contribution in [2.24, 2.45) is 0 Å². The largest absolute Gasteiger partial charge is 0.302 e. The molecule has 1 saturated heterocycles. The number of alkyl halides is 1. The van der Waals surface area contributed by atoms with Crippen LogP contribution in [0.15, 0.2) is 47.4 Å². The summed E-state index contributed by atoms with van der Waals surface area (Å²) in [5, 5.41) is 1.87. The molecule has 2 atom stereocenters. The van der Waals surface area contributed by atoms with Crippen LogP contribution in [0.5, 0.6) is 0 Å². The first-order valence-corrected chi connectivity index (χ1v) is 9.96. The van der Waals surface area contributed by atoms with Crippen LogP contribution in [0.4, 0.5) is 0 Å². The molecule has 1 aliphatic heterocycles. The van der Waals surface area contributed by atoms with E-state index >= 15 is 0 Å². The molecule has 134 valence electrons. The van der Waals surface area contributed by atoms with E-state index < -0.39 is 15.0 Å². The van der Waals surface area contributed by atoms with E-state index in [4.69, 9.17) is 11.6 Å². The summed E-state index contributed by atoms with van der Waals surface area (Å²) in [6.07, 6.45) is 0.796. The van der Waals surface area contributed by atoms with E-state index in [9.17, 15) is 13.2 Å². The number of nitrogens with zero attached hydrogens (tertiary/aromatic N) is 2. The van der Waals surface area contributed by atoms with Crippen LogP contribution in [0.1, 0.15) is 13.8 Å². The van der Waals surface area contributed by atoms with Gasteiger partial charge >= 0.3 is 0 Å². The van der Waals surface area contributed by atoms with Crippen molar-refractivity contribution in [2.45, 2.75) is 29.8 Å². The highest BCUT2D eigenvalue weighted by Crippen LogP contribution is 2.32. The Bertz CT molecular complexity index is 898. The van der Waals surface area contributed by atoms with E-state index in [1.807, 2.05) is 42.2 Å². The molecule has 0 saturated carbocycles. The zero-order chi connectivity index (χ0) is 18.2. The molecule has 7 heteroatoms. The smallest absolute Gasteiger partial charge is 0.243 e. The Balaban J connectivity index is 1.95. The molecule has 0 unspecified atom stereocenters. The molecule has 1 fully saturated rings. The van der Waals surface area contributed by atoms with Crippen molar-refractivity contribution in [1.29, 1.82) is 0 Å². The van der Waals surface area contributed by atoms with Gasteiger partial charge in [0.25, 0.3) is 0 Å². The minimum atomic E-state index is -3.66. The second-order valence-corrected chi connectivity index (χ2v) is 9.37. The average Bonchev–Trinajstić information content (AvgIpc) is 2.57. The number of piperazine rings is 1. The maximum Gasteiger partial charge on any atom is 0.243 e. The molecule has 1 aliphatic rings. The molecule has 0 spiro atoms. The van der Waals surface area contributed by atoms with Gasteiger partial charge in [0.2, 0.25) is 10.0 Å². The molecule has 1 heterocycles. The first-order chi connectivity index (χ1) is 11.8. The third-order valence-electron chi connectivity index (χ3n) is 4.69. The molecule has 0 bridgehead atoms. The van der Waals surface area contributed by atoms with Gasteiger partial charge in [0, 0.05) is 19.1 Å². The Hall–Kier alpha value is -1.47. The number of fused-ring (bicyclic) bond motifs is 1. The average molecular weight is 381 g/mol. The summed E-state index contributed by atoms with van der Waals surface area (Å²) in [6, 6.07) is 12.6. The van der Waals surface area contributed by atoms with E-state index in [0.29, 0.717) is 6.54 Å². The molecular formula is C18H21ClN2O3S. The van der Waals surface area contributed by atoms with Crippen LogP contribution in [-0.4, -0.2) is 54.6 Å². The molecule has 25 heavy (non-hydrogen) atoms. The normalized spacial score (nSPS) is 26.0. The SMILES string of the molecule is C[C@@H]1CN(S(=O)(=O)c2ccc3ccccc3c2)C[C@](C)(Cl)N1CC=O. The van der Waals surface area contributed by atoms with Crippen molar-refractivity contribution in [3.8, 4) is 0 Å². The first kappa shape index (κ1) is 18.3. The van der Waals surface area contributed by atoms with E-state index in [2.05, 4.69) is 0 Å². The van der Waals surface area contributed by atoms with Crippen LogP contribution in [0, 0.1) is 0 Å². The summed E-state index contributed by atoms with van der Waals surface area (Å²) in [6.45, 7) is 4.24. The van der Waals surface area contributed by atoms with Crippen LogP contribution in [0.25, 0.3) is 10.8 Å². The number of sulfonamides is 1. The fourth-order valence-corrected chi connectivity index (χ4v) is 5.54. The third-order valence-corrected chi connectivity index (χ3v) is 6.84. The minimum absolute atomic E-state index is 0.127. The number of rotatable bonds is 4. The number of carbonyl (C=O) groups excluding carboxylic acids is 1. The van der Waals surface area contributed by atoms with Gasteiger partial charge in [0.1, 0.15) is 11.3 Å². The molecule has 2 aromatic rings. The summed E-state index contributed by atoms with van der Waals surface area (Å²) in [5.74, 6) is 0. The van der Waals surface area contributed by atoms with Crippen LogP contribution in [0.3, 0.4) is 0 Å². The highest BCUT2D eigenvalue weighted by molar-refractivity contribution is 7.89. The van der Waals surface area contributed by atoms with Gasteiger partial charge in [-0.05, 0) is 36.8 Å². The molecule has 3 rings (SSSR count). The minimum Gasteiger partial charge on any atom is -0.302 e. The van der Waals surface area contributed by atoms with Crippen LogP contribution in [0.2, 0.25) is 0 Å². The molecule has 0 N–H and O–H groups in total. The van der Waals surface area contributed by atoms with Gasteiger partial charge in [-0.25, -0.2) is 8.42 Å².